The van der Waals surface area contributed by atoms with Crippen LogP contribution in [0.4, 0.5) is 11.5 Å². The highest BCUT2D eigenvalue weighted by molar-refractivity contribution is 6.08. The summed E-state index contributed by atoms with van der Waals surface area (Å²) in [6.45, 7) is 10.4. The van der Waals surface area contributed by atoms with Crippen LogP contribution in [0.25, 0.3) is 21.9 Å². The highest BCUT2D eigenvalue weighted by Crippen LogP contribution is 2.31. The lowest BCUT2D eigenvalue weighted by Crippen LogP contribution is -2.47. The fraction of sp³-hybridized carbons (Fsp3) is 0.304. The van der Waals surface area contributed by atoms with Crippen LogP contribution in [0.2, 0.25) is 0 Å². The average molecular weight is 371 g/mol. The number of aryl methyl sites for hydroxylation is 3. The molecular weight excluding hydrogens is 346 g/mol. The fourth-order valence-corrected chi connectivity index (χ4v) is 4.26. The van der Waals surface area contributed by atoms with E-state index in [9.17, 15) is 0 Å². The third-order valence-electron chi connectivity index (χ3n) is 5.80. The molecule has 1 N–H and O–H groups in total. The van der Waals surface area contributed by atoms with Crippen molar-refractivity contribution in [3.63, 3.8) is 0 Å². The normalized spacial score (nSPS) is 15.0. The molecule has 1 saturated heterocycles. The van der Waals surface area contributed by atoms with Crippen molar-refractivity contribution < 1.29 is 0 Å². The fourth-order valence-electron chi connectivity index (χ4n) is 4.26. The second-order valence-corrected chi connectivity index (χ2v) is 7.86. The summed E-state index contributed by atoms with van der Waals surface area (Å²) in [5, 5.41) is 1.17. The summed E-state index contributed by atoms with van der Waals surface area (Å²) >= 11 is 0. The van der Waals surface area contributed by atoms with Crippen molar-refractivity contribution in [2.45, 2.75) is 20.8 Å². The Kier molecular flexibility index (Phi) is 3.97. The van der Waals surface area contributed by atoms with Crippen molar-refractivity contribution in [1.29, 1.82) is 0 Å². The van der Waals surface area contributed by atoms with Gasteiger partial charge < -0.3 is 14.8 Å². The molecule has 0 unspecified atom stereocenters. The Morgan fingerprint density at radius 2 is 1.54 bits per heavy atom. The quantitative estimate of drug-likeness (QED) is 0.569. The Hall–Kier alpha value is -3.08. The molecule has 5 heteroatoms. The van der Waals surface area contributed by atoms with Crippen LogP contribution in [0.5, 0.6) is 0 Å². The predicted octanol–water partition coefficient (Wildman–Crippen LogP) is 4.36. The van der Waals surface area contributed by atoms with Crippen molar-refractivity contribution in [1.82, 2.24) is 15.0 Å². The Bertz CT molecular complexity index is 1170. The Morgan fingerprint density at radius 3 is 2.36 bits per heavy atom. The molecule has 3 heterocycles. The molecule has 142 valence electrons. The monoisotopic (exact) mass is 371 g/mol. The van der Waals surface area contributed by atoms with Crippen LogP contribution in [0.1, 0.15) is 16.7 Å². The van der Waals surface area contributed by atoms with E-state index in [1.807, 2.05) is 0 Å². The van der Waals surface area contributed by atoms with Gasteiger partial charge in [-0.05, 0) is 49.6 Å². The number of piperazine rings is 1. The van der Waals surface area contributed by atoms with E-state index < -0.39 is 0 Å². The molecule has 1 aliphatic rings. The van der Waals surface area contributed by atoms with Crippen LogP contribution in [0.15, 0.2) is 42.7 Å². The van der Waals surface area contributed by atoms with E-state index in [4.69, 9.17) is 0 Å². The van der Waals surface area contributed by atoms with E-state index in [2.05, 4.69) is 81.9 Å². The first-order chi connectivity index (χ1) is 13.6. The molecule has 0 amide bonds. The molecule has 4 aromatic rings. The van der Waals surface area contributed by atoms with Crippen molar-refractivity contribution in [2.75, 3.05) is 36.0 Å². The maximum absolute atomic E-state index is 4.64. The van der Waals surface area contributed by atoms with Gasteiger partial charge in [0, 0.05) is 42.8 Å². The lowest BCUT2D eigenvalue weighted by molar-refractivity contribution is 0.647. The summed E-state index contributed by atoms with van der Waals surface area (Å²) in [6, 6.07) is 13.2. The van der Waals surface area contributed by atoms with Crippen molar-refractivity contribution >= 4 is 33.4 Å². The number of H-pyrrole nitrogens is 1. The number of benzene rings is 2. The number of hydrogen-bond donors (Lipinski definition) is 1. The number of nitrogens with zero attached hydrogens (tertiary/aromatic N) is 4. The molecule has 0 aliphatic carbocycles. The highest BCUT2D eigenvalue weighted by atomic mass is 15.3. The van der Waals surface area contributed by atoms with Gasteiger partial charge >= 0.3 is 0 Å². The first kappa shape index (κ1) is 17.0. The molecule has 5 nitrogen and oxygen atoms in total. The van der Waals surface area contributed by atoms with Crippen molar-refractivity contribution in [3.8, 4) is 0 Å². The smallest absolute Gasteiger partial charge is 0.156 e. The zero-order valence-corrected chi connectivity index (χ0v) is 16.7. The van der Waals surface area contributed by atoms with Crippen LogP contribution < -0.4 is 9.80 Å². The van der Waals surface area contributed by atoms with Crippen LogP contribution in [0.3, 0.4) is 0 Å². The minimum atomic E-state index is 0.952. The van der Waals surface area contributed by atoms with Crippen LogP contribution in [-0.2, 0) is 0 Å². The minimum absolute atomic E-state index is 0.952. The SMILES string of the molecule is Cc1ccc(C)c(N2CCN(c3ncnc4c3[nH]c3cc(C)ccc34)CC2)c1. The number of rotatable bonds is 2. The molecule has 5 rings (SSSR count). The van der Waals surface area contributed by atoms with E-state index in [0.717, 1.165) is 48.5 Å². The van der Waals surface area contributed by atoms with Gasteiger partial charge in [0.1, 0.15) is 17.4 Å². The second-order valence-electron chi connectivity index (χ2n) is 7.86. The van der Waals surface area contributed by atoms with E-state index >= 15 is 0 Å². The molecule has 0 saturated carbocycles. The molecule has 28 heavy (non-hydrogen) atoms. The Balaban J connectivity index is 1.46. The largest absolute Gasteiger partial charge is 0.368 e. The van der Waals surface area contributed by atoms with E-state index in [0.29, 0.717) is 0 Å². The summed E-state index contributed by atoms with van der Waals surface area (Å²) in [6.07, 6.45) is 1.70. The molecule has 0 atom stereocenters. The summed E-state index contributed by atoms with van der Waals surface area (Å²) in [5.41, 5.74) is 8.44. The van der Waals surface area contributed by atoms with Gasteiger partial charge in [0.2, 0.25) is 0 Å². The zero-order valence-electron chi connectivity index (χ0n) is 16.7. The molecule has 0 spiro atoms. The van der Waals surface area contributed by atoms with Crippen LogP contribution in [-0.4, -0.2) is 41.1 Å². The average Bonchev–Trinajstić information content (AvgIpc) is 3.07. The molecule has 1 aliphatic heterocycles. The summed E-state index contributed by atoms with van der Waals surface area (Å²) in [5.74, 6) is 1.01. The first-order valence-corrected chi connectivity index (χ1v) is 9.90. The number of fused-ring (bicyclic) bond motifs is 3. The maximum Gasteiger partial charge on any atom is 0.156 e. The number of hydrogen-bond acceptors (Lipinski definition) is 4. The number of nitrogens with one attached hydrogen (secondary N) is 1. The Labute approximate surface area is 165 Å². The van der Waals surface area contributed by atoms with E-state index in [-0.39, 0.29) is 0 Å². The third kappa shape index (κ3) is 2.78. The maximum atomic E-state index is 4.64. The molecule has 0 radical (unpaired) electrons. The minimum Gasteiger partial charge on any atom is -0.368 e. The number of aromatic amines is 1. The molecule has 2 aromatic heterocycles. The van der Waals surface area contributed by atoms with Crippen molar-refractivity contribution in [3.05, 3.63) is 59.4 Å². The lowest BCUT2D eigenvalue weighted by Gasteiger charge is -2.37. The number of anilines is 2. The first-order valence-electron chi connectivity index (χ1n) is 9.90. The third-order valence-corrected chi connectivity index (χ3v) is 5.80. The summed E-state index contributed by atoms with van der Waals surface area (Å²) in [4.78, 5) is 17.6. The summed E-state index contributed by atoms with van der Waals surface area (Å²) in [7, 11) is 0. The number of aromatic nitrogens is 3. The van der Waals surface area contributed by atoms with Crippen LogP contribution in [0, 0.1) is 20.8 Å². The van der Waals surface area contributed by atoms with Gasteiger partial charge in [-0.25, -0.2) is 9.97 Å². The van der Waals surface area contributed by atoms with Gasteiger partial charge in [0.05, 0.1) is 0 Å². The van der Waals surface area contributed by atoms with Gasteiger partial charge in [-0.15, -0.1) is 0 Å². The van der Waals surface area contributed by atoms with Gasteiger partial charge in [0.25, 0.3) is 0 Å². The standard InChI is InChI=1S/C23H25N5/c1-15-5-7-18-19(12-15)26-22-21(18)24-14-25-23(22)28-10-8-27(9-11-28)20-13-16(2)4-6-17(20)3/h4-7,12-14,26H,8-11H2,1-3H3. The lowest BCUT2D eigenvalue weighted by atomic mass is 10.1. The Morgan fingerprint density at radius 1 is 0.821 bits per heavy atom. The van der Waals surface area contributed by atoms with E-state index in [1.165, 1.54) is 27.8 Å². The van der Waals surface area contributed by atoms with Gasteiger partial charge in [0.15, 0.2) is 5.82 Å². The molecule has 0 bridgehead atoms. The highest BCUT2D eigenvalue weighted by Gasteiger charge is 2.22. The van der Waals surface area contributed by atoms with E-state index in [1.54, 1.807) is 6.33 Å². The predicted molar refractivity (Wildman–Crippen MR) is 116 cm³/mol. The molecular formula is C23H25N5. The van der Waals surface area contributed by atoms with Crippen LogP contribution >= 0.6 is 0 Å². The molecule has 1 fully saturated rings. The van der Waals surface area contributed by atoms with Gasteiger partial charge in [-0.1, -0.05) is 24.3 Å². The van der Waals surface area contributed by atoms with Gasteiger partial charge in [-0.2, -0.15) is 0 Å². The van der Waals surface area contributed by atoms with Gasteiger partial charge in [-0.3, -0.25) is 0 Å². The van der Waals surface area contributed by atoms with Crippen molar-refractivity contribution in [2.24, 2.45) is 0 Å². The topological polar surface area (TPSA) is 48.1 Å². The molecule has 2 aromatic carbocycles. The second kappa shape index (κ2) is 6.51. The zero-order chi connectivity index (χ0) is 19.3. The summed E-state index contributed by atoms with van der Waals surface area (Å²) < 4.78 is 0.